The van der Waals surface area contributed by atoms with Gasteiger partial charge in [0.25, 0.3) is 0 Å². The Bertz CT molecular complexity index is 864. The predicted octanol–water partition coefficient (Wildman–Crippen LogP) is 2.43. The Hall–Kier alpha value is -2.25. The van der Waals surface area contributed by atoms with Gasteiger partial charge < -0.3 is 14.2 Å². The van der Waals surface area contributed by atoms with Gasteiger partial charge in [-0.2, -0.15) is 0 Å². The van der Waals surface area contributed by atoms with Crippen LogP contribution in [0.3, 0.4) is 0 Å². The molecule has 6 nitrogen and oxygen atoms in total. The van der Waals surface area contributed by atoms with Crippen molar-refractivity contribution in [3.8, 4) is 17.2 Å². The molecule has 0 atom stereocenters. The van der Waals surface area contributed by atoms with Gasteiger partial charge in [0, 0.05) is 12.6 Å². The predicted molar refractivity (Wildman–Crippen MR) is 94.0 cm³/mol. The molecule has 0 unspecified atom stereocenters. The van der Waals surface area contributed by atoms with Gasteiger partial charge in [-0.25, -0.2) is 13.1 Å². The lowest BCUT2D eigenvalue weighted by molar-refractivity contribution is 0.171. The first-order valence-electron chi connectivity index (χ1n) is 8.05. The summed E-state index contributed by atoms with van der Waals surface area (Å²) < 4.78 is 43.8. The fourth-order valence-electron chi connectivity index (χ4n) is 2.47. The average molecular weight is 363 g/mol. The van der Waals surface area contributed by atoms with Crippen LogP contribution in [0.2, 0.25) is 0 Å². The van der Waals surface area contributed by atoms with E-state index in [1.165, 1.54) is 12.1 Å². The smallest absolute Gasteiger partial charge is 0.240 e. The van der Waals surface area contributed by atoms with Crippen LogP contribution < -0.4 is 18.9 Å². The maximum Gasteiger partial charge on any atom is 0.240 e. The Kier molecular flexibility index (Phi) is 5.15. The van der Waals surface area contributed by atoms with E-state index < -0.39 is 10.0 Å². The van der Waals surface area contributed by atoms with Gasteiger partial charge in [-0.1, -0.05) is 12.1 Å². The van der Waals surface area contributed by atoms with Crippen LogP contribution in [0, 0.1) is 13.8 Å². The molecule has 0 aliphatic carbocycles. The van der Waals surface area contributed by atoms with Crippen molar-refractivity contribution < 1.29 is 22.6 Å². The molecule has 25 heavy (non-hydrogen) atoms. The van der Waals surface area contributed by atoms with Crippen molar-refractivity contribution in [2.45, 2.75) is 18.7 Å². The first-order valence-corrected chi connectivity index (χ1v) is 9.53. The highest BCUT2D eigenvalue weighted by Crippen LogP contribution is 2.32. The topological polar surface area (TPSA) is 73.9 Å². The van der Waals surface area contributed by atoms with Crippen molar-refractivity contribution in [3.05, 3.63) is 47.5 Å². The second kappa shape index (κ2) is 7.33. The number of nitrogens with one attached hydrogen (secondary N) is 1. The molecule has 1 N–H and O–H groups in total. The molecule has 0 spiro atoms. The van der Waals surface area contributed by atoms with E-state index in [1.54, 1.807) is 6.07 Å². The fourth-order valence-corrected chi connectivity index (χ4v) is 3.50. The maximum atomic E-state index is 12.4. The van der Waals surface area contributed by atoms with Crippen LogP contribution in [-0.4, -0.2) is 34.8 Å². The van der Waals surface area contributed by atoms with Crippen molar-refractivity contribution >= 4 is 10.0 Å². The zero-order valence-electron chi connectivity index (χ0n) is 14.2. The lowest BCUT2D eigenvalue weighted by Crippen LogP contribution is -2.28. The molecule has 2 aromatic carbocycles. The summed E-state index contributed by atoms with van der Waals surface area (Å²) >= 11 is 0. The molecule has 3 rings (SSSR count). The number of hydrogen-bond acceptors (Lipinski definition) is 5. The van der Waals surface area contributed by atoms with Crippen LogP contribution in [0.25, 0.3) is 0 Å². The van der Waals surface area contributed by atoms with Crippen LogP contribution in [0.15, 0.2) is 41.3 Å². The molecule has 0 saturated carbocycles. The fraction of sp³-hybridized carbons (Fsp3) is 0.333. The molecule has 0 fully saturated rings. The third-order valence-corrected chi connectivity index (χ3v) is 5.28. The van der Waals surface area contributed by atoms with Crippen LogP contribution in [-0.2, 0) is 10.0 Å². The summed E-state index contributed by atoms with van der Waals surface area (Å²) in [5.41, 5.74) is 2.11. The average Bonchev–Trinajstić information content (AvgIpc) is 2.61. The van der Waals surface area contributed by atoms with Gasteiger partial charge in [0.1, 0.15) is 25.6 Å². The largest absolute Gasteiger partial charge is 0.492 e. The monoisotopic (exact) mass is 363 g/mol. The number of hydrogen-bond donors (Lipinski definition) is 1. The zero-order valence-corrected chi connectivity index (χ0v) is 15.1. The normalized spacial score (nSPS) is 13.5. The molecule has 1 heterocycles. The minimum absolute atomic E-state index is 0.142. The molecule has 0 bridgehead atoms. The lowest BCUT2D eigenvalue weighted by Gasteiger charge is -2.19. The standard InChI is InChI=1S/C18H21NO5S/c1-13-3-4-14(2)17(11-13)22-8-7-19-25(20,21)15-5-6-16-18(12-15)24-10-9-23-16/h3-6,11-12,19H,7-10H2,1-2H3. The molecular formula is C18H21NO5S. The summed E-state index contributed by atoms with van der Waals surface area (Å²) in [4.78, 5) is 0.142. The van der Waals surface area contributed by atoms with Crippen molar-refractivity contribution in [1.29, 1.82) is 0 Å². The minimum atomic E-state index is -3.63. The van der Waals surface area contributed by atoms with Crippen LogP contribution in [0.1, 0.15) is 11.1 Å². The summed E-state index contributed by atoms with van der Waals surface area (Å²) in [6.45, 7) is 5.23. The number of sulfonamides is 1. The van der Waals surface area contributed by atoms with E-state index in [0.29, 0.717) is 24.7 Å². The number of benzene rings is 2. The van der Waals surface area contributed by atoms with Gasteiger partial charge in [-0.05, 0) is 43.2 Å². The summed E-state index contributed by atoms with van der Waals surface area (Å²) in [6.07, 6.45) is 0. The second-order valence-electron chi connectivity index (χ2n) is 5.82. The van der Waals surface area contributed by atoms with E-state index in [2.05, 4.69) is 4.72 Å². The Balaban J connectivity index is 1.59. The van der Waals surface area contributed by atoms with Crippen molar-refractivity contribution in [3.63, 3.8) is 0 Å². The van der Waals surface area contributed by atoms with Crippen LogP contribution in [0.4, 0.5) is 0 Å². The minimum Gasteiger partial charge on any atom is -0.492 e. The van der Waals surface area contributed by atoms with Gasteiger partial charge in [0.2, 0.25) is 10.0 Å². The van der Waals surface area contributed by atoms with E-state index >= 15 is 0 Å². The summed E-state index contributed by atoms with van der Waals surface area (Å²) in [7, 11) is -3.63. The highest BCUT2D eigenvalue weighted by atomic mass is 32.2. The first kappa shape index (κ1) is 17.6. The molecule has 1 aliphatic rings. The highest BCUT2D eigenvalue weighted by Gasteiger charge is 2.19. The molecule has 7 heteroatoms. The molecular weight excluding hydrogens is 342 g/mol. The van der Waals surface area contributed by atoms with E-state index in [1.807, 2.05) is 32.0 Å². The van der Waals surface area contributed by atoms with Gasteiger partial charge in [0.05, 0.1) is 4.90 Å². The number of ether oxygens (including phenoxy) is 3. The summed E-state index contributed by atoms with van der Waals surface area (Å²) in [5.74, 6) is 1.77. The Morgan fingerprint density at radius 2 is 1.80 bits per heavy atom. The molecule has 0 radical (unpaired) electrons. The van der Waals surface area contributed by atoms with E-state index in [4.69, 9.17) is 14.2 Å². The molecule has 0 amide bonds. The molecule has 0 aromatic heterocycles. The Labute approximate surface area is 147 Å². The number of rotatable bonds is 6. The van der Waals surface area contributed by atoms with E-state index in [-0.39, 0.29) is 18.0 Å². The van der Waals surface area contributed by atoms with Crippen molar-refractivity contribution in [2.75, 3.05) is 26.4 Å². The van der Waals surface area contributed by atoms with Crippen LogP contribution in [0.5, 0.6) is 17.2 Å². The van der Waals surface area contributed by atoms with Gasteiger partial charge in [0.15, 0.2) is 11.5 Å². The summed E-state index contributed by atoms with van der Waals surface area (Å²) in [5, 5.41) is 0. The van der Waals surface area contributed by atoms with Gasteiger partial charge >= 0.3 is 0 Å². The Morgan fingerprint density at radius 3 is 2.60 bits per heavy atom. The van der Waals surface area contributed by atoms with E-state index in [0.717, 1.165) is 16.9 Å². The number of fused-ring (bicyclic) bond motifs is 1. The third kappa shape index (κ3) is 4.24. The zero-order chi connectivity index (χ0) is 17.9. The van der Waals surface area contributed by atoms with Gasteiger partial charge in [-0.3, -0.25) is 0 Å². The third-order valence-electron chi connectivity index (χ3n) is 3.82. The van der Waals surface area contributed by atoms with Gasteiger partial charge in [-0.15, -0.1) is 0 Å². The van der Waals surface area contributed by atoms with E-state index in [9.17, 15) is 8.42 Å². The highest BCUT2D eigenvalue weighted by molar-refractivity contribution is 7.89. The summed E-state index contributed by atoms with van der Waals surface area (Å²) in [6, 6.07) is 10.5. The molecule has 0 saturated heterocycles. The maximum absolute atomic E-state index is 12.4. The SMILES string of the molecule is Cc1ccc(C)c(OCCNS(=O)(=O)c2ccc3c(c2)OCCO3)c1. The lowest BCUT2D eigenvalue weighted by atomic mass is 10.1. The molecule has 1 aliphatic heterocycles. The molecule has 2 aromatic rings. The Morgan fingerprint density at radius 1 is 1.04 bits per heavy atom. The quantitative estimate of drug-likeness (QED) is 0.798. The van der Waals surface area contributed by atoms with Crippen molar-refractivity contribution in [2.24, 2.45) is 0 Å². The second-order valence-corrected chi connectivity index (χ2v) is 7.59. The molecule has 134 valence electrons. The van der Waals surface area contributed by atoms with Crippen LogP contribution >= 0.6 is 0 Å². The first-order chi connectivity index (χ1) is 12.0. The number of aryl methyl sites for hydroxylation is 2. The van der Waals surface area contributed by atoms with Crippen molar-refractivity contribution in [1.82, 2.24) is 4.72 Å².